The average Bonchev–Trinajstić information content (AvgIpc) is 2.70. The second-order valence-corrected chi connectivity index (χ2v) is 19.1. The van der Waals surface area contributed by atoms with Gasteiger partial charge in [0.05, 0.1) is 8.07 Å². The van der Waals surface area contributed by atoms with Crippen molar-refractivity contribution in [1.82, 2.24) is 0 Å². The molecule has 0 atom stereocenters. The van der Waals surface area contributed by atoms with Gasteiger partial charge in [-0.25, -0.2) is 19.6 Å². The van der Waals surface area contributed by atoms with Crippen molar-refractivity contribution in [1.29, 1.82) is 0 Å². The van der Waals surface area contributed by atoms with E-state index in [-0.39, 0.29) is 40.0 Å². The van der Waals surface area contributed by atoms with Gasteiger partial charge in [-0.2, -0.15) is 0 Å². The molecule has 2 aromatic rings. The molecule has 0 spiro atoms. The second kappa shape index (κ2) is 20.4. The molecule has 0 aromatic heterocycles. The first-order chi connectivity index (χ1) is 13.8. The summed E-state index contributed by atoms with van der Waals surface area (Å²) in [5.41, 5.74) is 0. The van der Waals surface area contributed by atoms with Crippen LogP contribution in [0.25, 0.3) is 0 Å². The zero-order valence-corrected chi connectivity index (χ0v) is 25.2. The summed E-state index contributed by atoms with van der Waals surface area (Å²) in [7, 11) is -1.53. The van der Waals surface area contributed by atoms with Crippen LogP contribution in [-0.4, -0.2) is 37.1 Å². The molecule has 0 heterocycles. The summed E-state index contributed by atoms with van der Waals surface area (Å²) in [4.78, 5) is 0. The SMILES string of the molecule is C=CC[Si](CC=C)(CC=C)c1ccccc1.C=C[CH2-].Cl[Si](Cl)(Cl)c1ccccc1.[Br-].[Mg+2]. The molecule has 2 rings (SSSR count). The monoisotopic (exact) mass is 582 g/mol. The first-order valence-corrected chi connectivity index (χ1v) is 16.9. The molecule has 0 radical (unpaired) electrons. The third-order valence-corrected chi connectivity index (χ3v) is 11.8. The van der Waals surface area contributed by atoms with Gasteiger partial charge < -0.3 is 17.0 Å². The van der Waals surface area contributed by atoms with Crippen molar-refractivity contribution in [3.63, 3.8) is 0 Å². The Hall–Kier alpha value is -0.180. The standard InChI is InChI=1S/C15H20Si.C6H5Cl3Si.C3H5.BrH.Mg/c1-4-12-16(13-5-2,14-6-3)15-10-8-7-9-11-15;7-10(8,9)6-4-2-1-3-5-6;1-3-2;;/h4-11H,1-3,12-14H2;1-5H;3H,1-2H2;1H;/q;;-1;;+2/p-1. The summed E-state index contributed by atoms with van der Waals surface area (Å²) >= 11 is 17.2. The van der Waals surface area contributed by atoms with E-state index in [9.17, 15) is 0 Å². The summed E-state index contributed by atoms with van der Waals surface area (Å²) in [6.45, 7) is 18.2. The van der Waals surface area contributed by atoms with Crippen molar-refractivity contribution in [3.8, 4) is 0 Å². The number of benzene rings is 2. The molecule has 164 valence electrons. The van der Waals surface area contributed by atoms with Crippen LogP contribution < -0.4 is 27.4 Å². The molecule has 0 saturated carbocycles. The molecule has 0 fully saturated rings. The third kappa shape index (κ3) is 14.6. The van der Waals surface area contributed by atoms with Crippen molar-refractivity contribution in [2.24, 2.45) is 0 Å². The number of hydrogen-bond acceptors (Lipinski definition) is 0. The smallest absolute Gasteiger partial charge is 1.00 e. The Bertz CT molecular complexity index is 709. The van der Waals surface area contributed by atoms with Gasteiger partial charge >= 0.3 is 29.1 Å². The number of halogens is 4. The van der Waals surface area contributed by atoms with Gasteiger partial charge in [-0.1, -0.05) is 84.1 Å². The van der Waals surface area contributed by atoms with Crippen molar-refractivity contribution in [2.45, 2.75) is 18.1 Å². The van der Waals surface area contributed by atoms with Crippen LogP contribution >= 0.6 is 33.2 Å². The van der Waals surface area contributed by atoms with Gasteiger partial charge in [0.25, 0.3) is 0 Å². The van der Waals surface area contributed by atoms with Crippen LogP contribution in [0.5, 0.6) is 0 Å². The number of allylic oxidation sites excluding steroid dienone is 4. The first-order valence-electron chi connectivity index (χ1n) is 9.21. The van der Waals surface area contributed by atoms with Crippen LogP contribution in [-0.2, 0) is 0 Å². The van der Waals surface area contributed by atoms with E-state index in [0.29, 0.717) is 0 Å². The van der Waals surface area contributed by atoms with Crippen molar-refractivity contribution < 1.29 is 17.0 Å². The number of hydrogen-bond donors (Lipinski definition) is 0. The van der Waals surface area contributed by atoms with E-state index < -0.39 is 14.1 Å². The summed E-state index contributed by atoms with van der Waals surface area (Å²) in [5.74, 6) is 0. The van der Waals surface area contributed by atoms with E-state index in [0.717, 1.165) is 23.3 Å². The van der Waals surface area contributed by atoms with Gasteiger partial charge in [-0.05, 0) is 23.3 Å². The van der Waals surface area contributed by atoms with E-state index >= 15 is 0 Å². The maximum absolute atomic E-state index is 5.73. The normalized spacial score (nSPS) is 9.65. The Kier molecular flexibility index (Phi) is 23.3. The van der Waals surface area contributed by atoms with Crippen LogP contribution in [0.4, 0.5) is 0 Å². The summed E-state index contributed by atoms with van der Waals surface area (Å²) in [5, 5.41) is 2.31. The molecule has 31 heavy (non-hydrogen) atoms. The van der Waals surface area contributed by atoms with E-state index in [2.05, 4.69) is 63.6 Å². The predicted molar refractivity (Wildman–Crippen MR) is 148 cm³/mol. The summed E-state index contributed by atoms with van der Waals surface area (Å²) in [6.07, 6.45) is 7.64. The molecule has 0 aliphatic heterocycles. The van der Waals surface area contributed by atoms with Gasteiger partial charge in [-0.15, -0.1) is 53.0 Å². The van der Waals surface area contributed by atoms with E-state index in [4.69, 9.17) is 33.2 Å². The molecule has 0 amide bonds. The number of rotatable bonds is 8. The summed E-state index contributed by atoms with van der Waals surface area (Å²) < 4.78 is 0. The minimum absolute atomic E-state index is 0. The molecule has 0 aliphatic rings. The zero-order valence-electron chi connectivity index (χ0n) is 18.0. The Morgan fingerprint density at radius 1 is 0.677 bits per heavy atom. The minimum Gasteiger partial charge on any atom is -1.00 e. The van der Waals surface area contributed by atoms with Crippen molar-refractivity contribution in [2.75, 3.05) is 0 Å². The summed E-state index contributed by atoms with van der Waals surface area (Å²) in [6, 6.07) is 20.7. The van der Waals surface area contributed by atoms with E-state index in [1.165, 1.54) is 11.3 Å². The van der Waals surface area contributed by atoms with Crippen LogP contribution in [0.1, 0.15) is 0 Å². The maximum atomic E-state index is 5.73. The molecule has 0 nitrogen and oxygen atoms in total. The average molecular weight is 585 g/mol. The Morgan fingerprint density at radius 2 is 0.968 bits per heavy atom. The fourth-order valence-corrected chi connectivity index (χ4v) is 8.32. The van der Waals surface area contributed by atoms with Gasteiger partial charge in [0.15, 0.2) is 0 Å². The molecule has 0 bridgehead atoms. The molecule has 0 aliphatic carbocycles. The maximum Gasteiger partial charge on any atom is 2.00 e. The Labute approximate surface area is 232 Å². The molecule has 0 saturated heterocycles. The van der Waals surface area contributed by atoms with Gasteiger partial charge in [0.1, 0.15) is 0 Å². The fraction of sp³-hybridized carbons (Fsp3) is 0.125. The molecule has 7 heteroatoms. The van der Waals surface area contributed by atoms with Crippen LogP contribution in [0.2, 0.25) is 18.1 Å². The molecule has 0 unspecified atom stereocenters. The molecule has 2 aromatic carbocycles. The van der Waals surface area contributed by atoms with E-state index in [1.807, 2.05) is 48.6 Å². The Morgan fingerprint density at radius 3 is 1.19 bits per heavy atom. The van der Waals surface area contributed by atoms with Gasteiger partial charge in [0, 0.05) is 0 Å². The fourth-order valence-electron chi connectivity index (χ4n) is 2.85. The topological polar surface area (TPSA) is 0 Å². The zero-order chi connectivity index (χ0) is 22.2. The third-order valence-electron chi connectivity index (χ3n) is 4.09. The second-order valence-electron chi connectivity index (χ2n) is 6.28. The molecule has 0 N–H and O–H groups in total. The first kappa shape index (κ1) is 35.4. The van der Waals surface area contributed by atoms with Gasteiger partial charge in [-0.3, -0.25) is 0 Å². The van der Waals surface area contributed by atoms with Crippen molar-refractivity contribution in [3.05, 3.63) is 118 Å². The van der Waals surface area contributed by atoms with Crippen LogP contribution in [0, 0.1) is 6.92 Å². The van der Waals surface area contributed by atoms with Crippen molar-refractivity contribution >= 4 is 80.7 Å². The molecular formula is C24H30BrCl3MgSi2. The van der Waals surface area contributed by atoms with Gasteiger partial charge in [0.2, 0.25) is 0 Å². The Balaban J connectivity index is -0.000000452. The predicted octanol–water partition coefficient (Wildman–Crippen LogP) is 4.08. The van der Waals surface area contributed by atoms with Crippen LogP contribution in [0.15, 0.2) is 111 Å². The quantitative estimate of drug-likeness (QED) is 0.190. The largest absolute Gasteiger partial charge is 2.00 e. The molecular weight excluding hydrogens is 555 g/mol. The van der Waals surface area contributed by atoms with E-state index in [1.54, 1.807) is 0 Å². The minimum atomic E-state index is -2.62. The van der Waals surface area contributed by atoms with Crippen LogP contribution in [0.3, 0.4) is 0 Å².